The summed E-state index contributed by atoms with van der Waals surface area (Å²) in [6, 6.07) is 17.6. The maximum Gasteiger partial charge on any atom is 0.335 e. The number of nitrogens with zero attached hydrogens (tertiary/aromatic N) is 1. The predicted molar refractivity (Wildman–Crippen MR) is 140 cm³/mol. The predicted octanol–water partition coefficient (Wildman–Crippen LogP) is 5.09. The first-order valence-electron chi connectivity index (χ1n) is 10.7. The highest BCUT2D eigenvalue weighted by molar-refractivity contribution is 9.10. The molecule has 3 aromatic carbocycles. The SMILES string of the molecule is Cc1cccc(NC(=O)COc2ccc(Br)cc2/C=C2\C(=O)NC(=O)N(c3ccccc3Cl)C2=O)c1. The Morgan fingerprint density at radius 3 is 2.61 bits per heavy atom. The number of halogens is 2. The molecule has 182 valence electrons. The highest BCUT2D eigenvalue weighted by atomic mass is 79.9. The molecule has 0 bridgehead atoms. The number of benzene rings is 3. The van der Waals surface area contributed by atoms with E-state index in [9.17, 15) is 19.2 Å². The molecule has 2 N–H and O–H groups in total. The van der Waals surface area contributed by atoms with E-state index in [1.807, 2.05) is 25.1 Å². The van der Waals surface area contributed by atoms with Gasteiger partial charge in [-0.05, 0) is 61.0 Å². The fourth-order valence-electron chi connectivity index (χ4n) is 3.49. The summed E-state index contributed by atoms with van der Waals surface area (Å²) >= 11 is 9.53. The minimum absolute atomic E-state index is 0.138. The third kappa shape index (κ3) is 5.64. The maximum atomic E-state index is 13.2. The van der Waals surface area contributed by atoms with Gasteiger partial charge in [-0.15, -0.1) is 0 Å². The molecule has 5 amide bonds. The van der Waals surface area contributed by atoms with Crippen LogP contribution in [0.4, 0.5) is 16.2 Å². The topological polar surface area (TPSA) is 105 Å². The van der Waals surface area contributed by atoms with E-state index < -0.39 is 17.8 Å². The standard InChI is InChI=1S/C26H19BrClN3O5/c1-15-5-4-6-18(11-15)29-23(32)14-36-22-10-9-17(27)12-16(22)13-19-24(33)30-26(35)31(25(19)34)21-8-3-2-7-20(21)28/h2-13H,14H2,1H3,(H,29,32)(H,30,33,35)/b19-13+. The van der Waals surface area contributed by atoms with Crippen molar-refractivity contribution in [2.24, 2.45) is 0 Å². The number of carbonyl (C=O) groups excluding carboxylic acids is 4. The number of aryl methyl sites for hydroxylation is 1. The van der Waals surface area contributed by atoms with Gasteiger partial charge in [-0.25, -0.2) is 9.69 Å². The number of nitrogens with one attached hydrogen (secondary N) is 2. The van der Waals surface area contributed by atoms with Crippen molar-refractivity contribution in [2.45, 2.75) is 6.92 Å². The van der Waals surface area contributed by atoms with Crippen LogP contribution in [0.5, 0.6) is 5.75 Å². The Morgan fingerprint density at radius 2 is 1.86 bits per heavy atom. The molecule has 8 nitrogen and oxygen atoms in total. The summed E-state index contributed by atoms with van der Waals surface area (Å²) in [6.07, 6.45) is 1.30. The van der Waals surface area contributed by atoms with Crippen molar-refractivity contribution in [1.29, 1.82) is 0 Å². The number of carbonyl (C=O) groups is 4. The van der Waals surface area contributed by atoms with Gasteiger partial charge in [0.05, 0.1) is 10.7 Å². The van der Waals surface area contributed by atoms with Crippen molar-refractivity contribution >= 4 is 68.7 Å². The third-order valence-electron chi connectivity index (χ3n) is 5.13. The van der Waals surface area contributed by atoms with Gasteiger partial charge in [0, 0.05) is 15.7 Å². The summed E-state index contributed by atoms with van der Waals surface area (Å²) in [6.45, 7) is 1.60. The molecular weight excluding hydrogens is 550 g/mol. The number of amides is 5. The molecule has 0 saturated carbocycles. The zero-order valence-corrected chi connectivity index (χ0v) is 21.2. The van der Waals surface area contributed by atoms with Gasteiger partial charge in [-0.1, -0.05) is 51.8 Å². The van der Waals surface area contributed by atoms with Crippen molar-refractivity contribution in [1.82, 2.24) is 5.32 Å². The molecule has 0 spiro atoms. The first-order chi connectivity index (χ1) is 17.2. The lowest BCUT2D eigenvalue weighted by molar-refractivity contribution is -0.122. The number of para-hydroxylation sites is 1. The number of anilines is 2. The molecule has 4 rings (SSSR count). The van der Waals surface area contributed by atoms with Crippen LogP contribution in [0, 0.1) is 6.92 Å². The highest BCUT2D eigenvalue weighted by Gasteiger charge is 2.37. The minimum atomic E-state index is -0.909. The lowest BCUT2D eigenvalue weighted by atomic mass is 10.1. The van der Waals surface area contributed by atoms with Gasteiger partial charge in [0.2, 0.25) is 0 Å². The second-order valence-corrected chi connectivity index (χ2v) is 9.12. The second kappa shape index (κ2) is 10.8. The number of hydrogen-bond acceptors (Lipinski definition) is 5. The Bertz CT molecular complexity index is 1420. The van der Waals surface area contributed by atoms with Crippen LogP contribution < -0.4 is 20.3 Å². The molecule has 36 heavy (non-hydrogen) atoms. The van der Waals surface area contributed by atoms with Crippen LogP contribution in [0.2, 0.25) is 5.02 Å². The maximum absolute atomic E-state index is 13.2. The second-order valence-electron chi connectivity index (χ2n) is 7.80. The van der Waals surface area contributed by atoms with Crippen LogP contribution >= 0.6 is 27.5 Å². The Labute approximate surface area is 220 Å². The summed E-state index contributed by atoms with van der Waals surface area (Å²) in [5.74, 6) is -1.84. The molecule has 1 saturated heterocycles. The van der Waals surface area contributed by atoms with E-state index in [1.54, 1.807) is 36.4 Å². The normalized spacial score (nSPS) is 14.6. The zero-order valence-electron chi connectivity index (χ0n) is 18.9. The molecule has 0 aliphatic carbocycles. The fourth-order valence-corrected chi connectivity index (χ4v) is 4.09. The summed E-state index contributed by atoms with van der Waals surface area (Å²) < 4.78 is 6.34. The fraction of sp³-hybridized carbons (Fsp3) is 0.0769. The van der Waals surface area contributed by atoms with E-state index >= 15 is 0 Å². The van der Waals surface area contributed by atoms with Crippen molar-refractivity contribution in [3.8, 4) is 5.75 Å². The van der Waals surface area contributed by atoms with Crippen molar-refractivity contribution in [2.75, 3.05) is 16.8 Å². The van der Waals surface area contributed by atoms with E-state index in [-0.39, 0.29) is 34.5 Å². The first-order valence-corrected chi connectivity index (χ1v) is 11.8. The lowest BCUT2D eigenvalue weighted by Crippen LogP contribution is -2.54. The van der Waals surface area contributed by atoms with E-state index in [1.165, 1.54) is 18.2 Å². The summed E-state index contributed by atoms with van der Waals surface area (Å²) in [7, 11) is 0. The minimum Gasteiger partial charge on any atom is -0.483 e. The smallest absolute Gasteiger partial charge is 0.335 e. The summed E-state index contributed by atoms with van der Waals surface area (Å²) in [5, 5.41) is 5.07. The van der Waals surface area contributed by atoms with E-state index in [0.29, 0.717) is 15.7 Å². The lowest BCUT2D eigenvalue weighted by Gasteiger charge is -2.27. The van der Waals surface area contributed by atoms with Gasteiger partial charge in [-0.3, -0.25) is 19.7 Å². The number of rotatable bonds is 6. The van der Waals surface area contributed by atoms with Gasteiger partial charge >= 0.3 is 6.03 Å². The molecule has 0 radical (unpaired) electrons. The van der Waals surface area contributed by atoms with Gasteiger partial charge < -0.3 is 10.1 Å². The molecule has 1 aliphatic heterocycles. The van der Waals surface area contributed by atoms with Gasteiger partial charge in [0.15, 0.2) is 6.61 Å². The number of ether oxygens (including phenoxy) is 1. The number of barbiturate groups is 1. The van der Waals surface area contributed by atoms with E-state index in [2.05, 4.69) is 26.6 Å². The van der Waals surface area contributed by atoms with Crippen molar-refractivity contribution < 1.29 is 23.9 Å². The Hall–Kier alpha value is -3.95. The van der Waals surface area contributed by atoms with Crippen LogP contribution in [0.3, 0.4) is 0 Å². The van der Waals surface area contributed by atoms with Crippen LogP contribution in [-0.4, -0.2) is 30.4 Å². The van der Waals surface area contributed by atoms with Crippen LogP contribution in [0.1, 0.15) is 11.1 Å². The van der Waals surface area contributed by atoms with E-state index in [4.69, 9.17) is 16.3 Å². The Kier molecular flexibility index (Phi) is 7.52. The first kappa shape index (κ1) is 25.2. The van der Waals surface area contributed by atoms with Crippen molar-refractivity contribution in [3.05, 3.63) is 92.9 Å². The van der Waals surface area contributed by atoms with Crippen LogP contribution in [-0.2, 0) is 14.4 Å². The molecule has 1 heterocycles. The third-order valence-corrected chi connectivity index (χ3v) is 5.94. The van der Waals surface area contributed by atoms with Gasteiger partial charge in [-0.2, -0.15) is 0 Å². The summed E-state index contributed by atoms with van der Waals surface area (Å²) in [4.78, 5) is 51.4. The molecule has 0 aromatic heterocycles. The number of imide groups is 2. The molecule has 10 heteroatoms. The molecule has 3 aromatic rings. The van der Waals surface area contributed by atoms with E-state index in [0.717, 1.165) is 10.5 Å². The zero-order chi connectivity index (χ0) is 25.8. The Morgan fingerprint density at radius 1 is 1.08 bits per heavy atom. The largest absolute Gasteiger partial charge is 0.483 e. The average Bonchev–Trinajstić information content (AvgIpc) is 2.82. The average molecular weight is 569 g/mol. The monoisotopic (exact) mass is 567 g/mol. The molecule has 0 atom stereocenters. The molecule has 1 aliphatic rings. The van der Waals surface area contributed by atoms with Gasteiger partial charge in [0.1, 0.15) is 11.3 Å². The summed E-state index contributed by atoms with van der Waals surface area (Å²) in [5.41, 5.74) is 1.81. The van der Waals surface area contributed by atoms with Gasteiger partial charge in [0.25, 0.3) is 17.7 Å². The highest BCUT2D eigenvalue weighted by Crippen LogP contribution is 2.31. The molecule has 1 fully saturated rings. The Balaban J connectivity index is 1.59. The number of urea groups is 1. The molecule has 0 unspecified atom stereocenters. The molecular formula is C26H19BrClN3O5. The number of hydrogen-bond donors (Lipinski definition) is 2. The van der Waals surface area contributed by atoms with Crippen LogP contribution in [0.15, 0.2) is 76.8 Å². The quantitative estimate of drug-likeness (QED) is 0.318. The van der Waals surface area contributed by atoms with Crippen LogP contribution in [0.25, 0.3) is 6.08 Å². The van der Waals surface area contributed by atoms with Crippen molar-refractivity contribution in [3.63, 3.8) is 0 Å².